The van der Waals surface area contributed by atoms with Crippen LogP contribution in [0.15, 0.2) is 24.3 Å². The molecule has 1 rings (SSSR count). The second-order valence-corrected chi connectivity index (χ2v) is 5.11. The fourth-order valence-corrected chi connectivity index (χ4v) is 1.96. The van der Waals surface area contributed by atoms with Gasteiger partial charge in [-0.05, 0) is 36.8 Å². The molecule has 16 heavy (non-hydrogen) atoms. The number of rotatable bonds is 6. The predicted octanol–water partition coefficient (Wildman–Crippen LogP) is 3.72. The predicted molar refractivity (Wildman–Crippen MR) is 69.6 cm³/mol. The summed E-state index contributed by atoms with van der Waals surface area (Å²) in [4.78, 5) is 0. The van der Waals surface area contributed by atoms with E-state index in [9.17, 15) is 5.11 Å². The van der Waals surface area contributed by atoms with Crippen LogP contribution < -0.4 is 0 Å². The van der Waals surface area contributed by atoms with Crippen molar-refractivity contribution in [1.29, 1.82) is 0 Å². The molecule has 0 spiro atoms. The fourth-order valence-electron chi connectivity index (χ4n) is 1.96. The number of aryl methyl sites for hydroxylation is 1. The lowest BCUT2D eigenvalue weighted by atomic mass is 9.98. The van der Waals surface area contributed by atoms with Crippen molar-refractivity contribution >= 4 is 0 Å². The van der Waals surface area contributed by atoms with E-state index in [4.69, 9.17) is 0 Å². The topological polar surface area (TPSA) is 20.2 Å². The Morgan fingerprint density at radius 1 is 1.12 bits per heavy atom. The van der Waals surface area contributed by atoms with E-state index in [1.807, 2.05) is 12.1 Å². The van der Waals surface area contributed by atoms with E-state index in [-0.39, 0.29) is 6.10 Å². The van der Waals surface area contributed by atoms with E-state index in [2.05, 4.69) is 32.9 Å². The Balaban J connectivity index is 2.34. The molecule has 0 aromatic heterocycles. The minimum absolute atomic E-state index is 0.181. The first-order chi connectivity index (χ1) is 7.59. The highest BCUT2D eigenvalue weighted by Gasteiger charge is 2.07. The van der Waals surface area contributed by atoms with Gasteiger partial charge in [0.1, 0.15) is 0 Å². The van der Waals surface area contributed by atoms with E-state index < -0.39 is 0 Å². The SMILES string of the molecule is Cc1ccccc1CC(O)CCCC(C)C. The fraction of sp³-hybridized carbons (Fsp3) is 0.600. The van der Waals surface area contributed by atoms with Gasteiger partial charge in [0.15, 0.2) is 0 Å². The molecule has 0 aliphatic carbocycles. The van der Waals surface area contributed by atoms with Crippen LogP contribution in [0.1, 0.15) is 44.2 Å². The molecule has 0 bridgehead atoms. The third kappa shape index (κ3) is 4.80. The lowest BCUT2D eigenvalue weighted by Crippen LogP contribution is -2.11. The van der Waals surface area contributed by atoms with E-state index in [1.54, 1.807) is 0 Å². The lowest BCUT2D eigenvalue weighted by molar-refractivity contribution is 0.159. The van der Waals surface area contributed by atoms with Crippen molar-refractivity contribution in [3.8, 4) is 0 Å². The van der Waals surface area contributed by atoms with Gasteiger partial charge in [-0.2, -0.15) is 0 Å². The Bertz CT molecular complexity index is 304. The highest BCUT2D eigenvalue weighted by atomic mass is 16.3. The van der Waals surface area contributed by atoms with Crippen molar-refractivity contribution in [2.75, 3.05) is 0 Å². The van der Waals surface area contributed by atoms with E-state index in [0.29, 0.717) is 0 Å². The van der Waals surface area contributed by atoms with Gasteiger partial charge in [-0.15, -0.1) is 0 Å². The summed E-state index contributed by atoms with van der Waals surface area (Å²) >= 11 is 0. The molecule has 0 saturated carbocycles. The summed E-state index contributed by atoms with van der Waals surface area (Å²) in [5.41, 5.74) is 2.56. The lowest BCUT2D eigenvalue weighted by Gasteiger charge is -2.13. The van der Waals surface area contributed by atoms with E-state index >= 15 is 0 Å². The van der Waals surface area contributed by atoms with Crippen LogP contribution in [0, 0.1) is 12.8 Å². The molecule has 0 amide bonds. The van der Waals surface area contributed by atoms with Crippen LogP contribution in [-0.4, -0.2) is 11.2 Å². The molecule has 0 heterocycles. The first-order valence-electron chi connectivity index (χ1n) is 6.32. The van der Waals surface area contributed by atoms with Gasteiger partial charge in [-0.1, -0.05) is 51.0 Å². The quantitative estimate of drug-likeness (QED) is 0.774. The van der Waals surface area contributed by atoms with Crippen LogP contribution in [0.4, 0.5) is 0 Å². The van der Waals surface area contributed by atoms with Crippen LogP contribution >= 0.6 is 0 Å². The molecule has 0 radical (unpaired) electrons. The number of hydrogen-bond acceptors (Lipinski definition) is 1. The molecule has 1 atom stereocenters. The number of hydrogen-bond donors (Lipinski definition) is 1. The van der Waals surface area contributed by atoms with Crippen molar-refractivity contribution in [3.63, 3.8) is 0 Å². The summed E-state index contributed by atoms with van der Waals surface area (Å²) in [7, 11) is 0. The largest absolute Gasteiger partial charge is 0.393 e. The average molecular weight is 220 g/mol. The smallest absolute Gasteiger partial charge is 0.0580 e. The molecule has 0 aliphatic rings. The van der Waals surface area contributed by atoms with Crippen LogP contribution in [0.3, 0.4) is 0 Å². The third-order valence-electron chi connectivity index (χ3n) is 3.04. The molecule has 90 valence electrons. The standard InChI is InChI=1S/C15H24O/c1-12(2)7-6-10-15(16)11-14-9-5-4-8-13(14)3/h4-5,8-9,12,15-16H,6-7,10-11H2,1-3H3. The number of benzene rings is 1. The average Bonchev–Trinajstić information content (AvgIpc) is 2.21. The molecule has 1 N–H and O–H groups in total. The highest BCUT2D eigenvalue weighted by Crippen LogP contribution is 2.14. The molecule has 0 saturated heterocycles. The van der Waals surface area contributed by atoms with Crippen LogP contribution in [0.2, 0.25) is 0 Å². The van der Waals surface area contributed by atoms with Gasteiger partial charge in [0.2, 0.25) is 0 Å². The maximum atomic E-state index is 9.94. The van der Waals surface area contributed by atoms with Gasteiger partial charge >= 0.3 is 0 Å². The van der Waals surface area contributed by atoms with E-state index in [1.165, 1.54) is 17.5 Å². The Kier molecular flexibility index (Phi) is 5.54. The van der Waals surface area contributed by atoms with Crippen LogP contribution in [0.25, 0.3) is 0 Å². The number of aliphatic hydroxyl groups excluding tert-OH is 1. The Morgan fingerprint density at radius 2 is 1.81 bits per heavy atom. The van der Waals surface area contributed by atoms with Gasteiger partial charge in [-0.3, -0.25) is 0 Å². The first-order valence-corrected chi connectivity index (χ1v) is 6.32. The third-order valence-corrected chi connectivity index (χ3v) is 3.04. The molecule has 1 aromatic rings. The zero-order valence-corrected chi connectivity index (χ0v) is 10.7. The number of aliphatic hydroxyl groups is 1. The summed E-state index contributed by atoms with van der Waals surface area (Å²) in [6.45, 7) is 6.57. The van der Waals surface area contributed by atoms with Gasteiger partial charge in [0.25, 0.3) is 0 Å². The normalized spacial score (nSPS) is 13.1. The van der Waals surface area contributed by atoms with Gasteiger partial charge in [-0.25, -0.2) is 0 Å². The summed E-state index contributed by atoms with van der Waals surface area (Å²) in [6.07, 6.45) is 3.88. The molecule has 1 aromatic carbocycles. The Hall–Kier alpha value is -0.820. The summed E-state index contributed by atoms with van der Waals surface area (Å²) in [5.74, 6) is 0.741. The minimum atomic E-state index is -0.181. The molecule has 0 fully saturated rings. The maximum Gasteiger partial charge on any atom is 0.0580 e. The molecule has 1 heteroatoms. The van der Waals surface area contributed by atoms with Crippen molar-refractivity contribution in [2.24, 2.45) is 5.92 Å². The minimum Gasteiger partial charge on any atom is -0.393 e. The zero-order valence-electron chi connectivity index (χ0n) is 10.7. The first kappa shape index (κ1) is 13.2. The summed E-state index contributed by atoms with van der Waals surface area (Å²) < 4.78 is 0. The molecule has 1 unspecified atom stereocenters. The highest BCUT2D eigenvalue weighted by molar-refractivity contribution is 5.26. The van der Waals surface area contributed by atoms with Gasteiger partial charge < -0.3 is 5.11 Å². The van der Waals surface area contributed by atoms with Crippen molar-refractivity contribution in [3.05, 3.63) is 35.4 Å². The molecular formula is C15H24O. The summed E-state index contributed by atoms with van der Waals surface area (Å²) in [6, 6.07) is 8.31. The summed E-state index contributed by atoms with van der Waals surface area (Å²) in [5, 5.41) is 9.94. The maximum absolute atomic E-state index is 9.94. The Labute approximate surface area is 99.5 Å². The van der Waals surface area contributed by atoms with Crippen LogP contribution in [-0.2, 0) is 6.42 Å². The zero-order chi connectivity index (χ0) is 12.0. The second-order valence-electron chi connectivity index (χ2n) is 5.11. The Morgan fingerprint density at radius 3 is 2.44 bits per heavy atom. The molecule has 0 aliphatic heterocycles. The van der Waals surface area contributed by atoms with E-state index in [0.717, 1.165) is 25.2 Å². The van der Waals surface area contributed by atoms with Crippen LogP contribution in [0.5, 0.6) is 0 Å². The molecule has 1 nitrogen and oxygen atoms in total. The second kappa shape index (κ2) is 6.70. The van der Waals surface area contributed by atoms with Crippen molar-refractivity contribution < 1.29 is 5.11 Å². The van der Waals surface area contributed by atoms with Gasteiger partial charge in [0.05, 0.1) is 6.10 Å². The van der Waals surface area contributed by atoms with Crippen molar-refractivity contribution in [2.45, 2.75) is 52.6 Å². The monoisotopic (exact) mass is 220 g/mol. The molecular weight excluding hydrogens is 196 g/mol. The van der Waals surface area contributed by atoms with Crippen molar-refractivity contribution in [1.82, 2.24) is 0 Å². The van der Waals surface area contributed by atoms with Gasteiger partial charge in [0, 0.05) is 0 Å².